The summed E-state index contributed by atoms with van der Waals surface area (Å²) in [4.78, 5) is 3.43. The van der Waals surface area contributed by atoms with Crippen molar-refractivity contribution in [3.63, 3.8) is 0 Å². The summed E-state index contributed by atoms with van der Waals surface area (Å²) in [6.07, 6.45) is -4.44. The molecule has 0 aliphatic heterocycles. The third-order valence-electron chi connectivity index (χ3n) is 2.04. The van der Waals surface area contributed by atoms with Gasteiger partial charge in [-0.15, -0.1) is 11.3 Å². The SMILES string of the molecule is ONc1cccc(Nc2nc(C(F)(F)F)cs2)c1. The first-order valence-corrected chi connectivity index (χ1v) is 5.67. The summed E-state index contributed by atoms with van der Waals surface area (Å²) >= 11 is 0.860. The zero-order chi connectivity index (χ0) is 13.2. The molecule has 1 aromatic carbocycles. The number of rotatable bonds is 3. The Morgan fingerprint density at radius 1 is 1.22 bits per heavy atom. The Bertz CT molecular complexity index is 541. The molecule has 1 aromatic heterocycles. The summed E-state index contributed by atoms with van der Waals surface area (Å²) in [6, 6.07) is 6.43. The summed E-state index contributed by atoms with van der Waals surface area (Å²) < 4.78 is 37.0. The molecule has 0 saturated heterocycles. The minimum absolute atomic E-state index is 0.136. The molecule has 0 aliphatic rings. The zero-order valence-electron chi connectivity index (χ0n) is 8.82. The third-order valence-corrected chi connectivity index (χ3v) is 2.80. The van der Waals surface area contributed by atoms with Crippen LogP contribution >= 0.6 is 11.3 Å². The molecule has 0 amide bonds. The van der Waals surface area contributed by atoms with Gasteiger partial charge in [-0.05, 0) is 18.2 Å². The molecule has 18 heavy (non-hydrogen) atoms. The van der Waals surface area contributed by atoms with Crippen molar-refractivity contribution in [3.05, 3.63) is 35.3 Å². The molecule has 0 spiro atoms. The Kier molecular flexibility index (Phi) is 3.39. The van der Waals surface area contributed by atoms with Gasteiger partial charge in [0, 0.05) is 11.1 Å². The lowest BCUT2D eigenvalue weighted by Gasteiger charge is -2.05. The number of alkyl halides is 3. The Labute approximate surface area is 104 Å². The van der Waals surface area contributed by atoms with Gasteiger partial charge in [-0.1, -0.05) is 6.07 Å². The minimum atomic E-state index is -4.44. The number of hydrogen-bond acceptors (Lipinski definition) is 5. The molecule has 0 saturated carbocycles. The maximum atomic E-state index is 12.3. The Morgan fingerprint density at radius 3 is 2.56 bits per heavy atom. The highest BCUT2D eigenvalue weighted by atomic mass is 32.1. The van der Waals surface area contributed by atoms with Gasteiger partial charge < -0.3 is 5.32 Å². The van der Waals surface area contributed by atoms with Gasteiger partial charge in [0.05, 0.1) is 5.69 Å². The van der Waals surface area contributed by atoms with Crippen LogP contribution in [0, 0.1) is 0 Å². The van der Waals surface area contributed by atoms with E-state index in [2.05, 4.69) is 10.3 Å². The van der Waals surface area contributed by atoms with Crippen molar-refractivity contribution in [2.45, 2.75) is 6.18 Å². The number of anilines is 3. The minimum Gasteiger partial charge on any atom is -0.331 e. The van der Waals surface area contributed by atoms with E-state index in [0.717, 1.165) is 16.7 Å². The molecule has 0 aliphatic carbocycles. The van der Waals surface area contributed by atoms with Crippen molar-refractivity contribution >= 4 is 27.8 Å². The van der Waals surface area contributed by atoms with Gasteiger partial charge in [-0.25, -0.2) is 4.98 Å². The molecule has 3 N–H and O–H groups in total. The van der Waals surface area contributed by atoms with Crippen molar-refractivity contribution in [3.8, 4) is 0 Å². The van der Waals surface area contributed by atoms with Gasteiger partial charge in [0.25, 0.3) is 0 Å². The third kappa shape index (κ3) is 2.90. The topological polar surface area (TPSA) is 57.2 Å². The van der Waals surface area contributed by atoms with Gasteiger partial charge in [0.2, 0.25) is 0 Å². The fraction of sp³-hybridized carbons (Fsp3) is 0.100. The predicted molar refractivity (Wildman–Crippen MR) is 62.2 cm³/mol. The lowest BCUT2D eigenvalue weighted by atomic mass is 10.3. The van der Waals surface area contributed by atoms with Crippen LogP contribution in [-0.4, -0.2) is 10.2 Å². The smallest absolute Gasteiger partial charge is 0.331 e. The molecule has 8 heteroatoms. The average Bonchev–Trinajstić information content (AvgIpc) is 2.77. The lowest BCUT2D eigenvalue weighted by Crippen LogP contribution is -2.05. The van der Waals surface area contributed by atoms with E-state index in [1.54, 1.807) is 18.2 Å². The number of nitrogens with one attached hydrogen (secondary N) is 2. The van der Waals surface area contributed by atoms with Gasteiger partial charge in [0.1, 0.15) is 0 Å². The standard InChI is InChI=1S/C10H8F3N3OS/c11-10(12,13)8-5-18-9(15-8)14-6-2-1-3-7(4-6)16-17/h1-5,16-17H,(H,14,15). The van der Waals surface area contributed by atoms with E-state index < -0.39 is 11.9 Å². The van der Waals surface area contributed by atoms with E-state index in [4.69, 9.17) is 5.21 Å². The highest BCUT2D eigenvalue weighted by molar-refractivity contribution is 7.13. The van der Waals surface area contributed by atoms with Crippen molar-refractivity contribution in [1.29, 1.82) is 0 Å². The van der Waals surface area contributed by atoms with E-state index in [-0.39, 0.29) is 5.13 Å². The summed E-state index contributed by atoms with van der Waals surface area (Å²) in [5.41, 5.74) is 1.97. The normalized spacial score (nSPS) is 11.3. The van der Waals surface area contributed by atoms with Crippen LogP contribution < -0.4 is 10.8 Å². The summed E-state index contributed by atoms with van der Waals surface area (Å²) in [5.74, 6) is 0. The molecule has 1 heterocycles. The second-order valence-electron chi connectivity index (χ2n) is 3.35. The monoisotopic (exact) mass is 275 g/mol. The number of halogens is 3. The maximum Gasteiger partial charge on any atom is 0.434 e. The molecule has 96 valence electrons. The Morgan fingerprint density at radius 2 is 1.94 bits per heavy atom. The van der Waals surface area contributed by atoms with Crippen LogP contribution in [0.3, 0.4) is 0 Å². The number of nitrogens with zero attached hydrogens (tertiary/aromatic N) is 1. The second-order valence-corrected chi connectivity index (χ2v) is 4.21. The molecule has 2 rings (SSSR count). The summed E-state index contributed by atoms with van der Waals surface area (Å²) in [6.45, 7) is 0. The largest absolute Gasteiger partial charge is 0.434 e. The molecular weight excluding hydrogens is 267 g/mol. The van der Waals surface area contributed by atoms with E-state index in [0.29, 0.717) is 11.4 Å². The highest BCUT2D eigenvalue weighted by Gasteiger charge is 2.33. The molecule has 0 unspecified atom stereocenters. The highest BCUT2D eigenvalue weighted by Crippen LogP contribution is 2.32. The van der Waals surface area contributed by atoms with Gasteiger partial charge >= 0.3 is 6.18 Å². The van der Waals surface area contributed by atoms with Gasteiger partial charge in [-0.3, -0.25) is 10.7 Å². The number of hydrogen-bond donors (Lipinski definition) is 3. The van der Waals surface area contributed by atoms with Crippen LogP contribution in [0.4, 0.5) is 29.7 Å². The summed E-state index contributed by atoms with van der Waals surface area (Å²) in [7, 11) is 0. The van der Waals surface area contributed by atoms with Crippen molar-refractivity contribution in [2.75, 3.05) is 10.8 Å². The fourth-order valence-corrected chi connectivity index (χ4v) is 1.99. The Hall–Kier alpha value is -1.80. The van der Waals surface area contributed by atoms with Gasteiger partial charge in [0.15, 0.2) is 10.8 Å². The average molecular weight is 275 g/mol. The van der Waals surface area contributed by atoms with Crippen molar-refractivity contribution in [1.82, 2.24) is 4.98 Å². The number of thiazole rings is 1. The van der Waals surface area contributed by atoms with Crippen LogP contribution in [0.2, 0.25) is 0 Å². The molecule has 0 radical (unpaired) electrons. The first-order valence-electron chi connectivity index (χ1n) is 4.79. The van der Waals surface area contributed by atoms with Crippen LogP contribution in [0.1, 0.15) is 5.69 Å². The first-order chi connectivity index (χ1) is 8.49. The van der Waals surface area contributed by atoms with Crippen LogP contribution in [0.5, 0.6) is 0 Å². The number of aromatic nitrogens is 1. The molecule has 0 fully saturated rings. The molecular formula is C10H8F3N3OS. The van der Waals surface area contributed by atoms with E-state index >= 15 is 0 Å². The fourth-order valence-electron chi connectivity index (χ4n) is 1.25. The van der Waals surface area contributed by atoms with E-state index in [1.807, 2.05) is 5.48 Å². The second kappa shape index (κ2) is 4.83. The van der Waals surface area contributed by atoms with Crippen LogP contribution in [0.25, 0.3) is 0 Å². The quantitative estimate of drug-likeness (QED) is 0.747. The molecule has 4 nitrogen and oxygen atoms in total. The van der Waals surface area contributed by atoms with Crippen molar-refractivity contribution in [2.24, 2.45) is 0 Å². The summed E-state index contributed by atoms with van der Waals surface area (Å²) in [5, 5.41) is 12.5. The Balaban J connectivity index is 2.16. The van der Waals surface area contributed by atoms with Crippen LogP contribution in [0.15, 0.2) is 29.6 Å². The van der Waals surface area contributed by atoms with Crippen molar-refractivity contribution < 1.29 is 18.4 Å². The predicted octanol–water partition coefficient (Wildman–Crippen LogP) is 3.71. The number of benzene rings is 1. The van der Waals surface area contributed by atoms with Crippen LogP contribution in [-0.2, 0) is 6.18 Å². The van der Waals surface area contributed by atoms with Gasteiger partial charge in [-0.2, -0.15) is 13.2 Å². The molecule has 2 aromatic rings. The zero-order valence-corrected chi connectivity index (χ0v) is 9.64. The van der Waals surface area contributed by atoms with E-state index in [1.165, 1.54) is 6.07 Å². The lowest BCUT2D eigenvalue weighted by molar-refractivity contribution is -0.140. The molecule has 0 atom stereocenters. The van der Waals surface area contributed by atoms with E-state index in [9.17, 15) is 13.2 Å². The molecule has 0 bridgehead atoms. The first kappa shape index (κ1) is 12.7. The maximum absolute atomic E-state index is 12.3.